The van der Waals surface area contributed by atoms with Crippen LogP contribution in [0.4, 0.5) is 0 Å². The smallest absolute Gasteiger partial charge is 0.0922 e. The molecule has 4 aliphatic rings. The molecule has 4 rings (SSSR count). The molecule has 0 amide bonds. The molecular formula is C15H26O2. The van der Waals surface area contributed by atoms with Gasteiger partial charge in [-0.25, -0.2) is 0 Å². The van der Waals surface area contributed by atoms with Crippen molar-refractivity contribution >= 4 is 0 Å². The van der Waals surface area contributed by atoms with E-state index < -0.39 is 0 Å². The van der Waals surface area contributed by atoms with Crippen LogP contribution in [0.25, 0.3) is 0 Å². The molecule has 0 aromatic rings. The molecule has 1 N–H and O–H groups in total. The van der Waals surface area contributed by atoms with E-state index in [1.165, 1.54) is 19.3 Å². The first kappa shape index (κ1) is 12.0. The summed E-state index contributed by atoms with van der Waals surface area (Å²) < 4.78 is 6.32. The van der Waals surface area contributed by atoms with Crippen molar-refractivity contribution in [3.05, 3.63) is 0 Å². The SMILES string of the molecule is CC(C)[C@H]1CC[C@@]2(C)O[C@]3(C)CC[C@@H]2[C@@H]1[C@@H]3O. The molecule has 0 unspecified atom stereocenters. The molecule has 2 aliphatic heterocycles. The highest BCUT2D eigenvalue weighted by atomic mass is 16.5. The first-order valence-electron chi connectivity index (χ1n) is 7.26. The minimum atomic E-state index is -0.276. The number of fused-ring (bicyclic) bond motifs is 1. The molecular weight excluding hydrogens is 212 g/mol. The second kappa shape index (κ2) is 3.48. The summed E-state index contributed by atoms with van der Waals surface area (Å²) in [6.45, 7) is 9.03. The van der Waals surface area contributed by atoms with Gasteiger partial charge >= 0.3 is 0 Å². The number of hydrogen-bond donors (Lipinski definition) is 1. The van der Waals surface area contributed by atoms with Gasteiger partial charge < -0.3 is 9.84 Å². The van der Waals surface area contributed by atoms with Crippen molar-refractivity contribution in [2.75, 3.05) is 0 Å². The monoisotopic (exact) mass is 238 g/mol. The minimum absolute atomic E-state index is 0.0439. The Balaban J connectivity index is 2.00. The van der Waals surface area contributed by atoms with Crippen LogP contribution in [-0.4, -0.2) is 22.4 Å². The Labute approximate surface area is 105 Å². The molecule has 0 spiro atoms. The van der Waals surface area contributed by atoms with Gasteiger partial charge in [0, 0.05) is 0 Å². The molecule has 4 fully saturated rings. The van der Waals surface area contributed by atoms with Crippen LogP contribution in [0, 0.1) is 23.7 Å². The van der Waals surface area contributed by atoms with E-state index >= 15 is 0 Å². The Bertz CT molecular complexity index is 323. The molecule has 6 atom stereocenters. The van der Waals surface area contributed by atoms with Gasteiger partial charge in [0.15, 0.2) is 0 Å². The quantitative estimate of drug-likeness (QED) is 0.761. The summed E-state index contributed by atoms with van der Waals surface area (Å²) in [6.07, 6.45) is 4.44. The number of aliphatic hydroxyl groups is 1. The van der Waals surface area contributed by atoms with Crippen LogP contribution in [0.2, 0.25) is 0 Å². The van der Waals surface area contributed by atoms with Gasteiger partial charge in [-0.1, -0.05) is 13.8 Å². The highest BCUT2D eigenvalue weighted by Crippen LogP contribution is 2.60. The molecule has 2 saturated carbocycles. The van der Waals surface area contributed by atoms with Crippen LogP contribution < -0.4 is 0 Å². The lowest BCUT2D eigenvalue weighted by atomic mass is 9.51. The van der Waals surface area contributed by atoms with Gasteiger partial charge in [-0.05, 0) is 63.2 Å². The van der Waals surface area contributed by atoms with Crippen molar-refractivity contribution in [2.45, 2.75) is 70.7 Å². The lowest BCUT2D eigenvalue weighted by Gasteiger charge is -2.65. The molecule has 2 aliphatic carbocycles. The Kier molecular flexibility index (Phi) is 2.45. The standard InChI is InChI=1S/C15H26O2/c1-9(2)10-5-7-14(3)11-6-8-15(4,17-14)13(16)12(10)11/h9-13,16H,5-8H2,1-4H3/t10-,11-,12-,13+,14-,15-/m1/s1. The number of aliphatic hydroxyl groups excluding tert-OH is 1. The zero-order valence-corrected chi connectivity index (χ0v) is 11.6. The lowest BCUT2D eigenvalue weighted by Crippen LogP contribution is -2.70. The maximum atomic E-state index is 10.7. The molecule has 0 aromatic heterocycles. The summed E-state index contributed by atoms with van der Waals surface area (Å²) in [6, 6.07) is 0. The maximum absolute atomic E-state index is 10.7. The summed E-state index contributed by atoms with van der Waals surface area (Å²) in [5, 5.41) is 10.7. The van der Waals surface area contributed by atoms with Gasteiger partial charge in [-0.15, -0.1) is 0 Å². The first-order chi connectivity index (χ1) is 7.87. The van der Waals surface area contributed by atoms with E-state index in [-0.39, 0.29) is 17.3 Å². The van der Waals surface area contributed by atoms with E-state index in [9.17, 15) is 5.11 Å². The third-order valence-electron chi connectivity index (χ3n) is 5.98. The fraction of sp³-hybridized carbons (Fsp3) is 1.00. The van der Waals surface area contributed by atoms with Gasteiger partial charge in [-0.2, -0.15) is 0 Å². The number of rotatable bonds is 1. The second-order valence-corrected chi connectivity index (χ2v) is 7.34. The fourth-order valence-electron chi connectivity index (χ4n) is 5.03. The molecule has 98 valence electrons. The van der Waals surface area contributed by atoms with Crippen LogP contribution in [0.5, 0.6) is 0 Å². The topological polar surface area (TPSA) is 29.5 Å². The molecule has 17 heavy (non-hydrogen) atoms. The molecule has 2 nitrogen and oxygen atoms in total. The van der Waals surface area contributed by atoms with E-state index in [1.807, 2.05) is 0 Å². The average Bonchev–Trinajstić information content (AvgIpc) is 2.23. The van der Waals surface area contributed by atoms with E-state index in [1.54, 1.807) is 0 Å². The van der Waals surface area contributed by atoms with Crippen molar-refractivity contribution in [3.63, 3.8) is 0 Å². The van der Waals surface area contributed by atoms with Crippen molar-refractivity contribution in [1.82, 2.24) is 0 Å². The lowest BCUT2D eigenvalue weighted by molar-refractivity contribution is -0.329. The van der Waals surface area contributed by atoms with Gasteiger partial charge in [0.05, 0.1) is 17.3 Å². The van der Waals surface area contributed by atoms with Crippen molar-refractivity contribution in [3.8, 4) is 0 Å². The second-order valence-electron chi connectivity index (χ2n) is 7.34. The zero-order valence-electron chi connectivity index (χ0n) is 11.6. The van der Waals surface area contributed by atoms with Crippen molar-refractivity contribution < 1.29 is 9.84 Å². The summed E-state index contributed by atoms with van der Waals surface area (Å²) >= 11 is 0. The van der Waals surface area contributed by atoms with Crippen LogP contribution >= 0.6 is 0 Å². The fourth-order valence-corrected chi connectivity index (χ4v) is 5.03. The van der Waals surface area contributed by atoms with Gasteiger partial charge in [0.2, 0.25) is 0 Å². The predicted molar refractivity (Wildman–Crippen MR) is 67.7 cm³/mol. The van der Waals surface area contributed by atoms with Crippen LogP contribution in [0.3, 0.4) is 0 Å². The van der Waals surface area contributed by atoms with E-state index in [0.717, 1.165) is 6.42 Å². The molecule has 2 heteroatoms. The minimum Gasteiger partial charge on any atom is -0.390 e. The normalized spacial score (nSPS) is 57.5. The third-order valence-corrected chi connectivity index (χ3v) is 5.98. The van der Waals surface area contributed by atoms with Gasteiger partial charge in [-0.3, -0.25) is 0 Å². The van der Waals surface area contributed by atoms with Crippen LogP contribution in [0.1, 0.15) is 53.4 Å². The van der Waals surface area contributed by atoms with E-state index in [0.29, 0.717) is 23.7 Å². The Hall–Kier alpha value is -0.0800. The molecule has 2 saturated heterocycles. The van der Waals surface area contributed by atoms with E-state index in [2.05, 4.69) is 27.7 Å². The summed E-state index contributed by atoms with van der Waals surface area (Å²) in [7, 11) is 0. The molecule has 0 radical (unpaired) electrons. The Morgan fingerprint density at radius 3 is 2.41 bits per heavy atom. The zero-order chi connectivity index (χ0) is 12.4. The average molecular weight is 238 g/mol. The van der Waals surface area contributed by atoms with Gasteiger partial charge in [0.25, 0.3) is 0 Å². The molecule has 2 heterocycles. The van der Waals surface area contributed by atoms with Crippen molar-refractivity contribution in [1.29, 1.82) is 0 Å². The van der Waals surface area contributed by atoms with Gasteiger partial charge in [0.1, 0.15) is 0 Å². The molecule has 4 bridgehead atoms. The highest BCUT2D eigenvalue weighted by molar-refractivity contribution is 5.12. The third kappa shape index (κ3) is 1.46. The summed E-state index contributed by atoms with van der Waals surface area (Å²) in [5.74, 6) is 2.43. The summed E-state index contributed by atoms with van der Waals surface area (Å²) in [5.41, 5.74) is -0.232. The Morgan fingerprint density at radius 2 is 1.76 bits per heavy atom. The first-order valence-corrected chi connectivity index (χ1v) is 7.26. The number of hydrogen-bond acceptors (Lipinski definition) is 2. The Morgan fingerprint density at radius 1 is 1.12 bits per heavy atom. The molecule has 0 aromatic carbocycles. The van der Waals surface area contributed by atoms with Crippen LogP contribution in [-0.2, 0) is 4.74 Å². The highest BCUT2D eigenvalue weighted by Gasteiger charge is 2.63. The van der Waals surface area contributed by atoms with Crippen molar-refractivity contribution in [2.24, 2.45) is 23.7 Å². The number of ether oxygens (including phenoxy) is 1. The largest absolute Gasteiger partial charge is 0.390 e. The van der Waals surface area contributed by atoms with Crippen LogP contribution in [0.15, 0.2) is 0 Å². The maximum Gasteiger partial charge on any atom is 0.0922 e. The predicted octanol–water partition coefficient (Wildman–Crippen LogP) is 2.99. The van der Waals surface area contributed by atoms with E-state index in [4.69, 9.17) is 4.74 Å². The summed E-state index contributed by atoms with van der Waals surface area (Å²) in [4.78, 5) is 0.